The van der Waals surface area contributed by atoms with Gasteiger partial charge < -0.3 is 10.2 Å². The zero-order valence-electron chi connectivity index (χ0n) is 15.8. The van der Waals surface area contributed by atoms with Gasteiger partial charge in [0.05, 0.1) is 12.2 Å². The van der Waals surface area contributed by atoms with Crippen molar-refractivity contribution in [1.82, 2.24) is 35.3 Å². The first kappa shape index (κ1) is 19.6. The zero-order chi connectivity index (χ0) is 19.2. The predicted molar refractivity (Wildman–Crippen MR) is 104 cm³/mol. The number of nitrogens with zero attached hydrogens (tertiary/aromatic N) is 6. The van der Waals surface area contributed by atoms with Gasteiger partial charge in [-0.1, -0.05) is 25.4 Å². The van der Waals surface area contributed by atoms with Crippen LogP contribution in [-0.2, 0) is 6.54 Å². The molecule has 2 aromatic rings. The molecule has 1 aromatic carbocycles. The van der Waals surface area contributed by atoms with Crippen molar-refractivity contribution in [2.24, 2.45) is 0 Å². The minimum atomic E-state index is 0.0364. The molecule has 146 valence electrons. The van der Waals surface area contributed by atoms with Crippen molar-refractivity contribution in [1.29, 1.82) is 0 Å². The number of rotatable bonds is 6. The molecule has 0 saturated carbocycles. The summed E-state index contributed by atoms with van der Waals surface area (Å²) in [4.78, 5) is 16.5. The number of carbonyl (C=O) groups is 1. The Morgan fingerprint density at radius 1 is 1.15 bits per heavy atom. The molecule has 8 nitrogen and oxygen atoms in total. The van der Waals surface area contributed by atoms with E-state index in [1.807, 2.05) is 29.2 Å². The van der Waals surface area contributed by atoms with Gasteiger partial charge in [0.25, 0.3) is 0 Å². The summed E-state index contributed by atoms with van der Waals surface area (Å²) in [7, 11) is 0. The van der Waals surface area contributed by atoms with Crippen LogP contribution in [-0.4, -0.2) is 68.3 Å². The number of halogens is 1. The first-order chi connectivity index (χ1) is 13.1. The number of aromatic nitrogens is 4. The van der Waals surface area contributed by atoms with Gasteiger partial charge in [-0.2, -0.15) is 4.68 Å². The molecular formula is C18H26ClN7O. The Hall–Kier alpha value is -2.19. The predicted octanol–water partition coefficient (Wildman–Crippen LogP) is 2.33. The Morgan fingerprint density at radius 3 is 2.44 bits per heavy atom. The average molecular weight is 392 g/mol. The van der Waals surface area contributed by atoms with Crippen molar-refractivity contribution >= 4 is 17.6 Å². The standard InChI is InChI=1S/C18H26ClN7O/c1-3-15(4-2)20-18(27)25-11-9-24(10-12-25)13-17-21-22-23-26(17)16-7-5-14(19)6-8-16/h5-8,15H,3-4,9-13H2,1-2H3,(H,20,27). The summed E-state index contributed by atoms with van der Waals surface area (Å²) >= 11 is 5.95. The van der Waals surface area contributed by atoms with E-state index < -0.39 is 0 Å². The molecule has 0 aliphatic carbocycles. The summed E-state index contributed by atoms with van der Waals surface area (Å²) in [6, 6.07) is 7.71. The first-order valence-corrected chi connectivity index (χ1v) is 9.79. The minimum absolute atomic E-state index is 0.0364. The molecule has 0 spiro atoms. The van der Waals surface area contributed by atoms with E-state index in [0.717, 1.165) is 37.4 Å². The number of hydrogen-bond acceptors (Lipinski definition) is 5. The van der Waals surface area contributed by atoms with Crippen molar-refractivity contribution < 1.29 is 4.79 Å². The number of tetrazole rings is 1. The maximum atomic E-state index is 12.4. The fourth-order valence-corrected chi connectivity index (χ4v) is 3.28. The summed E-state index contributed by atoms with van der Waals surface area (Å²) in [5.41, 5.74) is 0.877. The Labute approximate surface area is 164 Å². The smallest absolute Gasteiger partial charge is 0.317 e. The SMILES string of the molecule is CCC(CC)NC(=O)N1CCN(Cc2nnnn2-c2ccc(Cl)cc2)CC1. The lowest BCUT2D eigenvalue weighted by Crippen LogP contribution is -2.53. The maximum absolute atomic E-state index is 12.4. The molecule has 1 aliphatic heterocycles. The molecule has 1 N–H and O–H groups in total. The molecule has 2 heterocycles. The van der Waals surface area contributed by atoms with Gasteiger partial charge in [0.1, 0.15) is 0 Å². The number of amides is 2. The molecular weight excluding hydrogens is 366 g/mol. The van der Waals surface area contributed by atoms with Crippen LogP contribution in [0, 0.1) is 0 Å². The summed E-state index contributed by atoms with van der Waals surface area (Å²) in [5.74, 6) is 0.771. The van der Waals surface area contributed by atoms with Crippen molar-refractivity contribution in [3.05, 3.63) is 35.1 Å². The van der Waals surface area contributed by atoms with Crippen LogP contribution >= 0.6 is 11.6 Å². The molecule has 0 unspecified atom stereocenters. The highest BCUT2D eigenvalue weighted by atomic mass is 35.5. The molecule has 9 heteroatoms. The van der Waals surface area contributed by atoms with Gasteiger partial charge >= 0.3 is 6.03 Å². The summed E-state index contributed by atoms with van der Waals surface area (Å²) < 4.78 is 1.72. The van der Waals surface area contributed by atoms with E-state index in [4.69, 9.17) is 11.6 Å². The normalized spacial score (nSPS) is 15.3. The van der Waals surface area contributed by atoms with E-state index in [0.29, 0.717) is 24.7 Å². The maximum Gasteiger partial charge on any atom is 0.317 e. The quantitative estimate of drug-likeness (QED) is 0.817. The van der Waals surface area contributed by atoms with Crippen molar-refractivity contribution in [3.63, 3.8) is 0 Å². The summed E-state index contributed by atoms with van der Waals surface area (Å²) in [6.07, 6.45) is 1.91. The molecule has 1 aliphatic rings. The molecule has 2 amide bonds. The lowest BCUT2D eigenvalue weighted by Gasteiger charge is -2.35. The molecule has 27 heavy (non-hydrogen) atoms. The number of nitrogens with one attached hydrogen (secondary N) is 1. The van der Waals surface area contributed by atoms with Gasteiger partial charge in [-0.3, -0.25) is 4.90 Å². The van der Waals surface area contributed by atoms with Crippen molar-refractivity contribution in [2.45, 2.75) is 39.3 Å². The second-order valence-corrected chi connectivity index (χ2v) is 7.15. The third-order valence-corrected chi connectivity index (χ3v) is 5.19. The van der Waals surface area contributed by atoms with Crippen LogP contribution in [0.5, 0.6) is 0 Å². The van der Waals surface area contributed by atoms with E-state index in [1.54, 1.807) is 4.68 Å². The van der Waals surface area contributed by atoms with E-state index in [2.05, 4.69) is 39.6 Å². The monoisotopic (exact) mass is 391 g/mol. The van der Waals surface area contributed by atoms with Gasteiger partial charge in [0, 0.05) is 37.2 Å². The Kier molecular flexibility index (Phi) is 6.63. The van der Waals surface area contributed by atoms with Crippen molar-refractivity contribution in [2.75, 3.05) is 26.2 Å². The van der Waals surface area contributed by atoms with Crippen LogP contribution < -0.4 is 5.32 Å². The largest absolute Gasteiger partial charge is 0.335 e. The number of benzene rings is 1. The third-order valence-electron chi connectivity index (χ3n) is 4.94. The number of piperazine rings is 1. The number of urea groups is 1. The molecule has 0 bridgehead atoms. The van der Waals surface area contributed by atoms with Gasteiger partial charge in [-0.15, -0.1) is 5.10 Å². The number of hydrogen-bond donors (Lipinski definition) is 1. The third kappa shape index (κ3) is 4.95. The Balaban J connectivity index is 1.55. The van der Waals surface area contributed by atoms with E-state index in [9.17, 15) is 4.79 Å². The summed E-state index contributed by atoms with van der Waals surface area (Å²) in [6.45, 7) is 7.82. The van der Waals surface area contributed by atoms with E-state index >= 15 is 0 Å². The first-order valence-electron chi connectivity index (χ1n) is 9.41. The molecule has 1 saturated heterocycles. The topological polar surface area (TPSA) is 79.2 Å². The van der Waals surface area contributed by atoms with Crippen LogP contribution in [0.4, 0.5) is 4.79 Å². The zero-order valence-corrected chi connectivity index (χ0v) is 16.6. The average Bonchev–Trinajstić information content (AvgIpc) is 3.15. The van der Waals surface area contributed by atoms with Gasteiger partial charge in [-0.05, 0) is 47.5 Å². The van der Waals surface area contributed by atoms with Crippen LogP contribution in [0.1, 0.15) is 32.5 Å². The highest BCUT2D eigenvalue weighted by Crippen LogP contribution is 2.15. The highest BCUT2D eigenvalue weighted by molar-refractivity contribution is 6.30. The van der Waals surface area contributed by atoms with Gasteiger partial charge in [0.15, 0.2) is 5.82 Å². The molecule has 0 atom stereocenters. The Bertz CT molecular complexity index is 736. The fraction of sp³-hybridized carbons (Fsp3) is 0.556. The van der Waals surface area contributed by atoms with E-state index in [1.165, 1.54) is 0 Å². The van der Waals surface area contributed by atoms with Gasteiger partial charge in [-0.25, -0.2) is 4.79 Å². The second-order valence-electron chi connectivity index (χ2n) is 6.71. The van der Waals surface area contributed by atoms with Crippen molar-refractivity contribution in [3.8, 4) is 5.69 Å². The molecule has 1 aromatic heterocycles. The van der Waals surface area contributed by atoms with E-state index in [-0.39, 0.29) is 12.1 Å². The second kappa shape index (κ2) is 9.14. The number of carbonyl (C=O) groups excluding carboxylic acids is 1. The summed E-state index contributed by atoms with van der Waals surface area (Å²) in [5, 5.41) is 15.8. The lowest BCUT2D eigenvalue weighted by atomic mass is 10.2. The van der Waals surface area contributed by atoms with Crippen LogP contribution in [0.3, 0.4) is 0 Å². The minimum Gasteiger partial charge on any atom is -0.335 e. The molecule has 3 rings (SSSR count). The fourth-order valence-electron chi connectivity index (χ4n) is 3.15. The van der Waals surface area contributed by atoms with Gasteiger partial charge in [0.2, 0.25) is 0 Å². The lowest BCUT2D eigenvalue weighted by molar-refractivity contribution is 0.130. The highest BCUT2D eigenvalue weighted by Gasteiger charge is 2.23. The van der Waals surface area contributed by atoms with Crippen LogP contribution in [0.25, 0.3) is 5.69 Å². The Morgan fingerprint density at radius 2 is 1.81 bits per heavy atom. The van der Waals surface area contributed by atoms with Crippen LogP contribution in [0.2, 0.25) is 5.02 Å². The molecule has 0 radical (unpaired) electrons. The van der Waals surface area contributed by atoms with Crippen LogP contribution in [0.15, 0.2) is 24.3 Å². The molecule has 1 fully saturated rings.